The molecule has 2 heterocycles. The van der Waals surface area contributed by atoms with Crippen LogP contribution in [0.4, 0.5) is 0 Å². The van der Waals surface area contributed by atoms with Crippen LogP contribution >= 0.6 is 0 Å². The highest BCUT2D eigenvalue weighted by molar-refractivity contribution is 7.79. The van der Waals surface area contributed by atoms with Gasteiger partial charge >= 0.3 is 16.4 Å². The monoisotopic (exact) mass is 410 g/mol. The van der Waals surface area contributed by atoms with Crippen LogP contribution in [0, 0.1) is 5.41 Å². The molecule has 1 saturated heterocycles. The van der Waals surface area contributed by atoms with Gasteiger partial charge in [0.25, 0.3) is 0 Å². The molecular weight excluding hydrogens is 384 g/mol. The zero-order valence-electron chi connectivity index (χ0n) is 16.2. The van der Waals surface area contributed by atoms with E-state index in [0.717, 1.165) is 25.8 Å². The Balaban J connectivity index is 0.000000403. The molecule has 0 saturated carbocycles. The van der Waals surface area contributed by atoms with Gasteiger partial charge in [-0.3, -0.25) is 13.9 Å². The SMILES string of the molecule is CC[C@@]1(C(=O)OC)C[C@@H]2c3cccc4[nH]cc(c34)C[C@H]2N(C)C1.O=S(=O)(O)O. The molecular formula is C19H26N2O6S. The predicted octanol–water partition coefficient (Wildman–Crippen LogP) is 2.43. The number of nitrogens with one attached hydrogen (secondary N) is 1. The molecule has 28 heavy (non-hydrogen) atoms. The Labute approximate surface area is 164 Å². The molecule has 3 atom stereocenters. The zero-order chi connectivity index (χ0) is 20.7. The Bertz CT molecular complexity index is 977. The number of ether oxygens (including phenoxy) is 1. The Morgan fingerprint density at radius 1 is 1.39 bits per heavy atom. The summed E-state index contributed by atoms with van der Waals surface area (Å²) in [6, 6.07) is 6.98. The van der Waals surface area contributed by atoms with Gasteiger partial charge in [0.15, 0.2) is 0 Å². The first-order valence-electron chi connectivity index (χ1n) is 9.17. The van der Waals surface area contributed by atoms with Crippen molar-refractivity contribution < 1.29 is 27.1 Å². The maximum atomic E-state index is 12.5. The summed E-state index contributed by atoms with van der Waals surface area (Å²) in [7, 11) is -1.00. The van der Waals surface area contributed by atoms with Gasteiger partial charge in [-0.25, -0.2) is 0 Å². The van der Waals surface area contributed by atoms with Gasteiger partial charge in [0.05, 0.1) is 12.5 Å². The molecule has 0 bridgehead atoms. The zero-order valence-corrected chi connectivity index (χ0v) is 17.0. The number of likely N-dealkylation sites (N-methyl/N-ethyl adjacent to an activating group) is 1. The fourth-order valence-corrected chi connectivity index (χ4v) is 4.88. The average Bonchev–Trinajstić information content (AvgIpc) is 3.05. The number of nitrogens with zero attached hydrogens (tertiary/aromatic N) is 1. The number of aromatic amines is 1. The van der Waals surface area contributed by atoms with Crippen LogP contribution in [0.15, 0.2) is 24.4 Å². The van der Waals surface area contributed by atoms with Crippen LogP contribution in [0.25, 0.3) is 10.9 Å². The predicted molar refractivity (Wildman–Crippen MR) is 105 cm³/mol. The minimum atomic E-state index is -4.67. The van der Waals surface area contributed by atoms with Crippen LogP contribution in [0.5, 0.6) is 0 Å². The largest absolute Gasteiger partial charge is 0.469 e. The minimum absolute atomic E-state index is 0.0580. The van der Waals surface area contributed by atoms with Gasteiger partial charge in [-0.05, 0) is 43.5 Å². The molecule has 0 unspecified atom stereocenters. The molecule has 3 N–H and O–H groups in total. The van der Waals surface area contributed by atoms with E-state index in [-0.39, 0.29) is 11.4 Å². The maximum absolute atomic E-state index is 12.5. The van der Waals surface area contributed by atoms with Crippen molar-refractivity contribution in [3.63, 3.8) is 0 Å². The van der Waals surface area contributed by atoms with Crippen LogP contribution in [-0.2, 0) is 26.4 Å². The van der Waals surface area contributed by atoms with E-state index in [1.54, 1.807) is 0 Å². The number of esters is 1. The second-order valence-electron chi connectivity index (χ2n) is 7.65. The fraction of sp³-hybridized carbons (Fsp3) is 0.526. The molecule has 1 fully saturated rings. The van der Waals surface area contributed by atoms with Crippen molar-refractivity contribution in [1.29, 1.82) is 0 Å². The number of carbonyl (C=O) groups is 1. The van der Waals surface area contributed by atoms with Crippen molar-refractivity contribution in [3.8, 4) is 0 Å². The number of carbonyl (C=O) groups excluding carboxylic acids is 1. The van der Waals surface area contributed by atoms with Crippen LogP contribution < -0.4 is 0 Å². The number of H-pyrrole nitrogens is 1. The van der Waals surface area contributed by atoms with E-state index in [4.69, 9.17) is 22.3 Å². The van der Waals surface area contributed by atoms with Gasteiger partial charge in [-0.2, -0.15) is 8.42 Å². The first kappa shape index (κ1) is 20.8. The molecule has 0 spiro atoms. The highest BCUT2D eigenvalue weighted by Crippen LogP contribution is 2.49. The van der Waals surface area contributed by atoms with Crippen molar-refractivity contribution in [2.24, 2.45) is 5.41 Å². The first-order chi connectivity index (χ1) is 13.1. The van der Waals surface area contributed by atoms with Gasteiger partial charge in [-0.1, -0.05) is 19.1 Å². The van der Waals surface area contributed by atoms with E-state index in [1.807, 2.05) is 0 Å². The topological polar surface area (TPSA) is 120 Å². The van der Waals surface area contributed by atoms with Gasteiger partial charge in [0.2, 0.25) is 0 Å². The summed E-state index contributed by atoms with van der Waals surface area (Å²) in [5.74, 6) is 0.331. The van der Waals surface area contributed by atoms with Crippen molar-refractivity contribution in [3.05, 3.63) is 35.5 Å². The number of hydrogen-bond acceptors (Lipinski definition) is 5. The van der Waals surface area contributed by atoms with Gasteiger partial charge in [0, 0.05) is 35.6 Å². The number of hydrogen-bond donors (Lipinski definition) is 3. The third-order valence-corrected chi connectivity index (χ3v) is 6.14. The van der Waals surface area contributed by atoms with Crippen LogP contribution in [-0.4, -0.2) is 60.1 Å². The van der Waals surface area contributed by atoms with Gasteiger partial charge in [-0.15, -0.1) is 0 Å². The first-order valence-corrected chi connectivity index (χ1v) is 10.6. The van der Waals surface area contributed by atoms with Crippen molar-refractivity contribution >= 4 is 27.3 Å². The molecule has 1 aromatic carbocycles. The lowest BCUT2D eigenvalue weighted by atomic mass is 9.65. The van der Waals surface area contributed by atoms with E-state index in [1.165, 1.54) is 29.1 Å². The molecule has 1 aliphatic carbocycles. The highest BCUT2D eigenvalue weighted by atomic mass is 32.3. The number of aromatic nitrogens is 1. The van der Waals surface area contributed by atoms with Crippen LogP contribution in [0.3, 0.4) is 0 Å². The van der Waals surface area contributed by atoms with E-state index in [9.17, 15) is 4.79 Å². The standard InChI is InChI=1S/C19H24N2O2.H2O4S/c1-4-19(18(22)23-3)9-14-13-6-5-7-15-17(13)12(10-20-15)8-16(14)21(2)11-19;1-5(2,3)4/h5-7,10,14,16,20H,4,8-9,11H2,1-3H3;(H2,1,2,3,4)/t14-,16-,19-;/m1./s1. The summed E-state index contributed by atoms with van der Waals surface area (Å²) < 4.78 is 36.8. The van der Waals surface area contributed by atoms with E-state index in [0.29, 0.717) is 12.0 Å². The lowest BCUT2D eigenvalue weighted by Crippen LogP contribution is -2.55. The lowest BCUT2D eigenvalue weighted by Gasteiger charge is -2.49. The molecule has 1 aliphatic heterocycles. The van der Waals surface area contributed by atoms with Crippen molar-refractivity contribution in [2.45, 2.75) is 38.1 Å². The summed E-state index contributed by atoms with van der Waals surface area (Å²) in [6.45, 7) is 2.89. The average molecular weight is 410 g/mol. The van der Waals surface area contributed by atoms with Gasteiger partial charge in [0.1, 0.15) is 0 Å². The Kier molecular flexibility index (Phi) is 5.55. The van der Waals surface area contributed by atoms with Crippen LogP contribution in [0.2, 0.25) is 0 Å². The van der Waals surface area contributed by atoms with Gasteiger partial charge < -0.3 is 14.6 Å². The van der Waals surface area contributed by atoms with E-state index in [2.05, 4.69) is 48.3 Å². The summed E-state index contributed by atoms with van der Waals surface area (Å²) >= 11 is 0. The molecule has 154 valence electrons. The number of rotatable bonds is 2. The molecule has 0 amide bonds. The molecule has 9 heteroatoms. The summed E-state index contributed by atoms with van der Waals surface area (Å²) in [5, 5.41) is 1.37. The van der Waals surface area contributed by atoms with Crippen molar-refractivity contribution in [1.82, 2.24) is 9.88 Å². The Morgan fingerprint density at radius 2 is 2.07 bits per heavy atom. The second kappa shape index (κ2) is 7.47. The third kappa shape index (κ3) is 3.80. The molecule has 2 aliphatic rings. The number of benzene rings is 1. The smallest absolute Gasteiger partial charge is 0.394 e. The van der Waals surface area contributed by atoms with E-state index < -0.39 is 10.4 Å². The molecule has 2 aromatic rings. The van der Waals surface area contributed by atoms with Crippen molar-refractivity contribution in [2.75, 3.05) is 20.7 Å². The number of fused-ring (bicyclic) bond motifs is 2. The lowest BCUT2D eigenvalue weighted by molar-refractivity contribution is -0.158. The van der Waals surface area contributed by atoms with Crippen LogP contribution in [0.1, 0.15) is 36.8 Å². The van der Waals surface area contributed by atoms with E-state index >= 15 is 0 Å². The molecule has 1 aromatic heterocycles. The maximum Gasteiger partial charge on any atom is 0.394 e. The molecule has 0 radical (unpaired) electrons. The summed E-state index contributed by atoms with van der Waals surface area (Å²) in [4.78, 5) is 18.3. The second-order valence-corrected chi connectivity index (χ2v) is 8.55. The fourth-order valence-electron chi connectivity index (χ4n) is 4.88. The Hall–Kier alpha value is -1.94. The Morgan fingerprint density at radius 3 is 2.68 bits per heavy atom. The molecule has 4 rings (SSSR count). The normalized spacial score (nSPS) is 26.9. The number of likely N-dealkylation sites (tertiary alicyclic amines) is 1. The highest BCUT2D eigenvalue weighted by Gasteiger charge is 2.50. The summed E-state index contributed by atoms with van der Waals surface area (Å²) in [6.07, 6.45) is 4.91. The molecule has 8 nitrogen and oxygen atoms in total. The third-order valence-electron chi connectivity index (χ3n) is 6.14. The quantitative estimate of drug-likeness (QED) is 0.514. The summed E-state index contributed by atoms with van der Waals surface area (Å²) in [5.41, 5.74) is 3.62. The number of piperidine rings is 1. The minimum Gasteiger partial charge on any atom is -0.469 e. The number of methoxy groups -OCH3 is 1.